The molecular weight excluding hydrogens is 535 g/mol. The lowest BCUT2D eigenvalue weighted by atomic mass is 10.0. The lowest BCUT2D eigenvalue weighted by Crippen LogP contribution is -2.31. The van der Waals surface area contributed by atoms with Crippen LogP contribution in [-0.4, -0.2) is 14.3 Å². The molecule has 168 valence electrons. The lowest BCUT2D eigenvalue weighted by molar-refractivity contribution is -0.116. The van der Waals surface area contributed by atoms with Gasteiger partial charge >= 0.3 is 0 Å². The van der Waals surface area contributed by atoms with E-state index >= 15 is 0 Å². The van der Waals surface area contributed by atoms with Gasteiger partial charge in [0.25, 0.3) is 0 Å². The molecule has 0 fully saturated rings. The summed E-state index contributed by atoms with van der Waals surface area (Å²) < 4.78 is 29.8. The molecule has 1 atom stereocenters. The Morgan fingerprint density at radius 3 is 2.25 bits per heavy atom. The van der Waals surface area contributed by atoms with Gasteiger partial charge in [-0.25, -0.2) is 13.1 Å². The fourth-order valence-electron chi connectivity index (χ4n) is 3.40. The van der Waals surface area contributed by atoms with Crippen molar-refractivity contribution in [3.05, 3.63) is 93.1 Å². The second kappa shape index (κ2) is 10.6. The average Bonchev–Trinajstić information content (AvgIpc) is 2.75. The Bertz CT molecular complexity index is 1180. The number of aryl methyl sites for hydroxylation is 1. The largest absolute Gasteiger partial charge is 0.326 e. The summed E-state index contributed by atoms with van der Waals surface area (Å²) in [5.74, 6) is -0.0152. The Kier molecular flexibility index (Phi) is 8.08. The SMILES string of the molecule is Cc1ccc(S(=O)(=O)N[C@H](CC(=O)Nc2ccc(I)cc2C(C)C)c2ccccc2)cc1. The fourth-order valence-corrected chi connectivity index (χ4v) is 5.14. The van der Waals surface area contributed by atoms with Gasteiger partial charge in [-0.05, 0) is 76.9 Å². The molecule has 0 bridgehead atoms. The molecule has 3 aromatic carbocycles. The number of amides is 1. The third-order valence-electron chi connectivity index (χ3n) is 5.13. The maximum atomic E-state index is 13.0. The van der Waals surface area contributed by atoms with Gasteiger partial charge in [0.2, 0.25) is 15.9 Å². The first-order valence-electron chi connectivity index (χ1n) is 10.4. The number of hydrogen-bond donors (Lipinski definition) is 2. The molecule has 3 rings (SSSR count). The summed E-state index contributed by atoms with van der Waals surface area (Å²) in [6.45, 7) is 6.05. The number of carbonyl (C=O) groups is 1. The Morgan fingerprint density at radius 2 is 1.62 bits per heavy atom. The van der Waals surface area contributed by atoms with E-state index in [1.54, 1.807) is 24.3 Å². The molecule has 0 radical (unpaired) electrons. The van der Waals surface area contributed by atoms with E-state index < -0.39 is 16.1 Å². The van der Waals surface area contributed by atoms with Crippen molar-refractivity contribution in [1.82, 2.24) is 4.72 Å². The number of hydrogen-bond acceptors (Lipinski definition) is 3. The van der Waals surface area contributed by atoms with Crippen LogP contribution in [0.5, 0.6) is 0 Å². The van der Waals surface area contributed by atoms with Gasteiger partial charge in [-0.3, -0.25) is 4.79 Å². The standard InChI is InChI=1S/C25H27IN2O3S/c1-17(2)22-15-20(26)11-14-23(22)27-25(29)16-24(19-7-5-4-6-8-19)28-32(30,31)21-12-9-18(3)10-13-21/h4-15,17,24,28H,16H2,1-3H3,(H,27,29)/t24-/m1/s1. The lowest BCUT2D eigenvalue weighted by Gasteiger charge is -2.20. The van der Waals surface area contributed by atoms with E-state index in [1.807, 2.05) is 49.4 Å². The fraction of sp³-hybridized carbons (Fsp3) is 0.240. The molecule has 0 aliphatic rings. The smallest absolute Gasteiger partial charge is 0.241 e. The molecule has 0 aliphatic carbocycles. The van der Waals surface area contributed by atoms with Crippen LogP contribution >= 0.6 is 22.6 Å². The van der Waals surface area contributed by atoms with Crippen LogP contribution in [0.4, 0.5) is 5.69 Å². The molecule has 0 spiro atoms. The second-order valence-corrected chi connectivity index (χ2v) is 11.0. The van der Waals surface area contributed by atoms with Crippen LogP contribution in [0.15, 0.2) is 77.7 Å². The highest BCUT2D eigenvalue weighted by Crippen LogP contribution is 2.27. The Hall–Kier alpha value is -2.23. The van der Waals surface area contributed by atoms with Crippen molar-refractivity contribution < 1.29 is 13.2 Å². The number of carbonyl (C=O) groups excluding carboxylic acids is 1. The molecule has 32 heavy (non-hydrogen) atoms. The van der Waals surface area contributed by atoms with Crippen molar-refractivity contribution >= 4 is 44.2 Å². The van der Waals surface area contributed by atoms with E-state index in [1.165, 1.54) is 0 Å². The topological polar surface area (TPSA) is 75.3 Å². The van der Waals surface area contributed by atoms with Crippen LogP contribution in [0.1, 0.15) is 48.9 Å². The normalized spacial score (nSPS) is 12.5. The van der Waals surface area contributed by atoms with Crippen LogP contribution in [0.25, 0.3) is 0 Å². The first kappa shape index (κ1) is 24.4. The Morgan fingerprint density at radius 1 is 0.969 bits per heavy atom. The maximum absolute atomic E-state index is 13.0. The molecule has 0 saturated heterocycles. The number of benzene rings is 3. The Labute approximate surface area is 203 Å². The van der Waals surface area contributed by atoms with Gasteiger partial charge in [0.1, 0.15) is 0 Å². The zero-order chi connectivity index (χ0) is 23.3. The van der Waals surface area contributed by atoms with Gasteiger partial charge in [-0.2, -0.15) is 0 Å². The van der Waals surface area contributed by atoms with Crippen LogP contribution in [0.3, 0.4) is 0 Å². The van der Waals surface area contributed by atoms with Gasteiger partial charge in [0, 0.05) is 15.7 Å². The van der Waals surface area contributed by atoms with Crippen molar-refractivity contribution in [3.8, 4) is 0 Å². The van der Waals surface area contributed by atoms with Crippen LogP contribution in [0, 0.1) is 10.5 Å². The molecule has 0 saturated carbocycles. The summed E-state index contributed by atoms with van der Waals surface area (Å²) in [4.78, 5) is 13.1. The quantitative estimate of drug-likeness (QED) is 0.343. The second-order valence-electron chi connectivity index (χ2n) is 8.04. The van der Waals surface area contributed by atoms with Gasteiger partial charge < -0.3 is 5.32 Å². The van der Waals surface area contributed by atoms with Crippen molar-refractivity contribution in [2.45, 2.75) is 44.0 Å². The zero-order valence-corrected chi connectivity index (χ0v) is 21.3. The molecule has 5 nitrogen and oxygen atoms in total. The van der Waals surface area contributed by atoms with E-state index in [4.69, 9.17) is 0 Å². The molecule has 0 heterocycles. The summed E-state index contributed by atoms with van der Waals surface area (Å²) in [6, 6.07) is 21.0. The third kappa shape index (κ3) is 6.40. The number of nitrogens with one attached hydrogen (secondary N) is 2. The average molecular weight is 562 g/mol. The monoisotopic (exact) mass is 562 g/mol. The van der Waals surface area contributed by atoms with Gasteiger partial charge in [0.15, 0.2) is 0 Å². The molecule has 0 aromatic heterocycles. The predicted octanol–water partition coefficient (Wildman–Crippen LogP) is 5.77. The summed E-state index contributed by atoms with van der Waals surface area (Å²) in [6.07, 6.45) is -0.0291. The summed E-state index contributed by atoms with van der Waals surface area (Å²) in [5, 5.41) is 2.98. The van der Waals surface area contributed by atoms with E-state index in [0.29, 0.717) is 0 Å². The summed E-state index contributed by atoms with van der Waals surface area (Å²) >= 11 is 2.25. The number of anilines is 1. The van der Waals surface area contributed by atoms with Gasteiger partial charge in [-0.15, -0.1) is 0 Å². The minimum atomic E-state index is -3.80. The number of rotatable bonds is 8. The van der Waals surface area contributed by atoms with Crippen LogP contribution in [0.2, 0.25) is 0 Å². The summed E-state index contributed by atoms with van der Waals surface area (Å²) in [5.41, 5.74) is 3.49. The van der Waals surface area contributed by atoms with Crippen molar-refractivity contribution in [1.29, 1.82) is 0 Å². The van der Waals surface area contributed by atoms with E-state index in [9.17, 15) is 13.2 Å². The zero-order valence-electron chi connectivity index (χ0n) is 18.3. The van der Waals surface area contributed by atoms with Crippen LogP contribution in [-0.2, 0) is 14.8 Å². The van der Waals surface area contributed by atoms with Crippen LogP contribution < -0.4 is 10.0 Å². The van der Waals surface area contributed by atoms with Gasteiger partial charge in [0.05, 0.1) is 10.9 Å². The first-order valence-corrected chi connectivity index (χ1v) is 12.9. The highest BCUT2D eigenvalue weighted by Gasteiger charge is 2.24. The first-order chi connectivity index (χ1) is 15.2. The molecule has 2 N–H and O–H groups in total. The van der Waals surface area contributed by atoms with E-state index in [0.717, 1.165) is 25.9 Å². The number of sulfonamides is 1. The van der Waals surface area contributed by atoms with Crippen molar-refractivity contribution in [2.24, 2.45) is 0 Å². The minimum Gasteiger partial charge on any atom is -0.326 e. The Balaban J connectivity index is 1.84. The molecule has 1 amide bonds. The van der Waals surface area contributed by atoms with E-state index in [-0.39, 0.29) is 23.1 Å². The molecule has 0 aliphatic heterocycles. The molecule has 3 aromatic rings. The van der Waals surface area contributed by atoms with Crippen molar-refractivity contribution in [2.75, 3.05) is 5.32 Å². The maximum Gasteiger partial charge on any atom is 0.241 e. The van der Waals surface area contributed by atoms with Crippen molar-refractivity contribution in [3.63, 3.8) is 0 Å². The molecule has 7 heteroatoms. The molecule has 0 unspecified atom stereocenters. The highest BCUT2D eigenvalue weighted by molar-refractivity contribution is 14.1. The molecular formula is C25H27IN2O3S. The summed E-state index contributed by atoms with van der Waals surface area (Å²) in [7, 11) is -3.80. The third-order valence-corrected chi connectivity index (χ3v) is 7.29. The van der Waals surface area contributed by atoms with E-state index in [2.05, 4.69) is 52.5 Å². The van der Waals surface area contributed by atoms with Gasteiger partial charge in [-0.1, -0.05) is 61.9 Å². The number of halogens is 1. The predicted molar refractivity (Wildman–Crippen MR) is 137 cm³/mol. The minimum absolute atomic E-state index is 0.0291. The highest BCUT2D eigenvalue weighted by atomic mass is 127.